The average molecular weight is 300 g/mol. The lowest BCUT2D eigenvalue weighted by Crippen LogP contribution is -1.97. The minimum absolute atomic E-state index is 0.0930. The molecule has 0 spiro atoms. The van der Waals surface area contributed by atoms with Crippen LogP contribution in [-0.4, -0.2) is 29.8 Å². The van der Waals surface area contributed by atoms with Gasteiger partial charge in [-0.25, -0.2) is 0 Å². The molecule has 2 aromatic rings. The normalized spacial score (nSPS) is 10.9. The summed E-state index contributed by atoms with van der Waals surface area (Å²) in [6, 6.07) is 5.12. The highest BCUT2D eigenvalue weighted by molar-refractivity contribution is 6.07. The lowest BCUT2D eigenvalue weighted by atomic mass is 10.1. The molecule has 0 saturated heterocycles. The Bertz CT molecular complexity index is 702. The lowest BCUT2D eigenvalue weighted by molar-refractivity contribution is 0.104. The first-order valence-corrected chi connectivity index (χ1v) is 7.07. The van der Waals surface area contributed by atoms with Crippen LogP contribution in [0.25, 0.3) is 6.08 Å². The van der Waals surface area contributed by atoms with Gasteiger partial charge in [-0.05, 0) is 44.2 Å². The molecule has 0 N–H and O–H groups in total. The fourth-order valence-electron chi connectivity index (χ4n) is 2.11. The van der Waals surface area contributed by atoms with Crippen molar-refractivity contribution in [2.45, 2.75) is 20.4 Å². The zero-order chi connectivity index (χ0) is 16.1. The van der Waals surface area contributed by atoms with Gasteiger partial charge < -0.3 is 9.47 Å². The predicted molar refractivity (Wildman–Crippen MR) is 85.5 cm³/mol. The Morgan fingerprint density at radius 1 is 1.27 bits per heavy atom. The maximum Gasteiger partial charge on any atom is 0.185 e. The Morgan fingerprint density at radius 2 is 2.00 bits per heavy atom. The van der Waals surface area contributed by atoms with E-state index in [1.165, 1.54) is 0 Å². The second-order valence-electron chi connectivity index (χ2n) is 4.79. The van der Waals surface area contributed by atoms with Gasteiger partial charge >= 0.3 is 0 Å². The number of carbonyl (C=O) groups is 1. The van der Waals surface area contributed by atoms with Crippen LogP contribution >= 0.6 is 0 Å². The van der Waals surface area contributed by atoms with E-state index in [0.29, 0.717) is 17.1 Å². The van der Waals surface area contributed by atoms with Crippen molar-refractivity contribution in [3.05, 3.63) is 47.3 Å². The van der Waals surface area contributed by atoms with Crippen molar-refractivity contribution >= 4 is 11.9 Å². The first-order chi connectivity index (χ1) is 10.6. The molecule has 1 heterocycles. The predicted octanol–water partition coefficient (Wildman–Crippen LogP) is 3.12. The number of rotatable bonds is 6. The van der Waals surface area contributed by atoms with Crippen molar-refractivity contribution in [2.24, 2.45) is 0 Å². The van der Waals surface area contributed by atoms with Gasteiger partial charge in [-0.2, -0.15) is 5.10 Å². The Morgan fingerprint density at radius 3 is 2.59 bits per heavy atom. The van der Waals surface area contributed by atoms with Crippen LogP contribution in [0, 0.1) is 6.92 Å². The molecule has 1 aromatic heterocycles. The number of aryl methyl sites for hydroxylation is 2. The van der Waals surface area contributed by atoms with E-state index in [1.54, 1.807) is 44.6 Å². The van der Waals surface area contributed by atoms with Crippen LogP contribution in [0.1, 0.15) is 28.5 Å². The monoisotopic (exact) mass is 300 g/mol. The fourth-order valence-corrected chi connectivity index (χ4v) is 2.11. The summed E-state index contributed by atoms with van der Waals surface area (Å²) >= 11 is 0. The van der Waals surface area contributed by atoms with Crippen LogP contribution in [0.5, 0.6) is 11.5 Å². The Hall–Kier alpha value is -2.56. The molecule has 0 aliphatic heterocycles. The van der Waals surface area contributed by atoms with Gasteiger partial charge in [0.1, 0.15) is 0 Å². The first kappa shape index (κ1) is 15.8. The zero-order valence-electron chi connectivity index (χ0n) is 13.3. The number of benzene rings is 1. The quantitative estimate of drug-likeness (QED) is 0.607. The van der Waals surface area contributed by atoms with Crippen LogP contribution in [0.15, 0.2) is 30.5 Å². The van der Waals surface area contributed by atoms with Crippen molar-refractivity contribution < 1.29 is 14.3 Å². The van der Waals surface area contributed by atoms with Crippen LogP contribution in [0.4, 0.5) is 0 Å². The summed E-state index contributed by atoms with van der Waals surface area (Å²) in [5.74, 6) is 1.05. The minimum Gasteiger partial charge on any atom is -0.493 e. The van der Waals surface area contributed by atoms with Crippen LogP contribution in [-0.2, 0) is 6.54 Å². The first-order valence-electron chi connectivity index (χ1n) is 7.07. The Labute approximate surface area is 130 Å². The third kappa shape index (κ3) is 3.36. The van der Waals surface area contributed by atoms with E-state index >= 15 is 0 Å². The number of aromatic nitrogens is 2. The Balaban J connectivity index is 2.21. The van der Waals surface area contributed by atoms with Gasteiger partial charge in [-0.1, -0.05) is 0 Å². The van der Waals surface area contributed by atoms with Crippen LogP contribution < -0.4 is 9.47 Å². The third-order valence-electron chi connectivity index (χ3n) is 3.39. The van der Waals surface area contributed by atoms with Gasteiger partial charge in [0.2, 0.25) is 0 Å². The zero-order valence-corrected chi connectivity index (χ0v) is 13.3. The number of ether oxygens (including phenoxy) is 2. The molecule has 2 rings (SSSR count). The molecule has 0 fully saturated rings. The summed E-state index contributed by atoms with van der Waals surface area (Å²) in [7, 11) is 3.11. The molecule has 116 valence electrons. The maximum atomic E-state index is 12.3. The van der Waals surface area contributed by atoms with E-state index in [1.807, 2.05) is 24.7 Å². The molecule has 0 atom stereocenters. The van der Waals surface area contributed by atoms with Gasteiger partial charge in [-0.15, -0.1) is 0 Å². The van der Waals surface area contributed by atoms with E-state index in [9.17, 15) is 4.79 Å². The molecule has 5 nitrogen and oxygen atoms in total. The number of nitrogens with zero attached hydrogens (tertiary/aromatic N) is 2. The van der Waals surface area contributed by atoms with E-state index in [-0.39, 0.29) is 5.78 Å². The molecular formula is C17H20N2O3. The number of hydrogen-bond donors (Lipinski definition) is 0. The molecular weight excluding hydrogens is 280 g/mol. The summed E-state index contributed by atoms with van der Waals surface area (Å²) in [6.07, 6.45) is 5.26. The maximum absolute atomic E-state index is 12.3. The van der Waals surface area contributed by atoms with E-state index < -0.39 is 0 Å². The molecule has 0 saturated carbocycles. The van der Waals surface area contributed by atoms with Crippen molar-refractivity contribution in [3.63, 3.8) is 0 Å². The Kier molecular flexibility index (Phi) is 4.99. The van der Waals surface area contributed by atoms with Crippen LogP contribution in [0.3, 0.4) is 0 Å². The minimum atomic E-state index is -0.0930. The third-order valence-corrected chi connectivity index (χ3v) is 3.39. The number of carbonyl (C=O) groups excluding carboxylic acids is 1. The summed E-state index contributed by atoms with van der Waals surface area (Å²) in [5.41, 5.74) is 2.39. The van der Waals surface area contributed by atoms with Gasteiger partial charge in [-0.3, -0.25) is 9.48 Å². The molecule has 0 aliphatic rings. The van der Waals surface area contributed by atoms with Crippen molar-refractivity contribution in [2.75, 3.05) is 14.2 Å². The second-order valence-corrected chi connectivity index (χ2v) is 4.79. The van der Waals surface area contributed by atoms with Gasteiger partial charge in [0.05, 0.1) is 19.9 Å². The molecule has 5 heteroatoms. The lowest BCUT2D eigenvalue weighted by Gasteiger charge is -2.07. The highest BCUT2D eigenvalue weighted by atomic mass is 16.5. The molecule has 1 aromatic carbocycles. The average Bonchev–Trinajstić information content (AvgIpc) is 2.92. The van der Waals surface area contributed by atoms with Gasteiger partial charge in [0.15, 0.2) is 17.3 Å². The number of hydrogen-bond acceptors (Lipinski definition) is 4. The SMILES string of the molecule is CCn1cc(/C=C/C(=O)c2ccc(OC)c(OC)c2)c(C)n1. The molecule has 0 aliphatic carbocycles. The van der Waals surface area contributed by atoms with Gasteiger partial charge in [0.25, 0.3) is 0 Å². The van der Waals surface area contributed by atoms with E-state index in [2.05, 4.69) is 5.10 Å². The topological polar surface area (TPSA) is 53.4 Å². The molecule has 0 amide bonds. The highest BCUT2D eigenvalue weighted by Crippen LogP contribution is 2.27. The highest BCUT2D eigenvalue weighted by Gasteiger charge is 2.09. The largest absolute Gasteiger partial charge is 0.493 e. The second kappa shape index (κ2) is 6.93. The summed E-state index contributed by atoms with van der Waals surface area (Å²) in [4.78, 5) is 12.3. The number of allylic oxidation sites excluding steroid dienone is 1. The standard InChI is InChI=1S/C17H20N2O3/c1-5-19-11-14(12(2)18-19)6-8-15(20)13-7-9-16(21-3)17(10-13)22-4/h6-11H,5H2,1-4H3/b8-6+. The molecule has 0 radical (unpaired) electrons. The van der Waals surface area contributed by atoms with Crippen LogP contribution in [0.2, 0.25) is 0 Å². The van der Waals surface area contributed by atoms with E-state index in [4.69, 9.17) is 9.47 Å². The summed E-state index contributed by atoms with van der Waals surface area (Å²) in [6.45, 7) is 4.75. The molecule has 22 heavy (non-hydrogen) atoms. The van der Waals surface area contributed by atoms with Crippen molar-refractivity contribution in [3.8, 4) is 11.5 Å². The fraction of sp³-hybridized carbons (Fsp3) is 0.294. The van der Waals surface area contributed by atoms with Gasteiger partial charge in [0, 0.05) is 23.9 Å². The summed E-state index contributed by atoms with van der Waals surface area (Å²) in [5, 5.41) is 4.35. The molecule has 0 bridgehead atoms. The van der Waals surface area contributed by atoms with E-state index in [0.717, 1.165) is 17.8 Å². The molecule has 0 unspecified atom stereocenters. The smallest absolute Gasteiger partial charge is 0.185 e. The van der Waals surface area contributed by atoms with Crippen molar-refractivity contribution in [1.29, 1.82) is 0 Å². The van der Waals surface area contributed by atoms with Crippen molar-refractivity contribution in [1.82, 2.24) is 9.78 Å². The summed E-state index contributed by atoms with van der Waals surface area (Å²) < 4.78 is 12.2. The number of methoxy groups -OCH3 is 2. The number of ketones is 1.